The van der Waals surface area contributed by atoms with E-state index < -0.39 is 0 Å². The van der Waals surface area contributed by atoms with E-state index in [0.29, 0.717) is 12.3 Å². The maximum atomic E-state index is 12.3. The highest BCUT2D eigenvalue weighted by atomic mass is 16.3. The number of rotatable bonds is 4. The number of nitrogens with one attached hydrogen (secondary N) is 2. The summed E-state index contributed by atoms with van der Waals surface area (Å²) in [6, 6.07) is 15.4. The second-order valence-electron chi connectivity index (χ2n) is 8.19. The molecule has 0 aliphatic carbocycles. The van der Waals surface area contributed by atoms with Crippen molar-refractivity contribution in [3.05, 3.63) is 54.1 Å². The quantitative estimate of drug-likeness (QED) is 0.507. The van der Waals surface area contributed by atoms with Crippen LogP contribution >= 0.6 is 0 Å². The van der Waals surface area contributed by atoms with E-state index in [1.807, 2.05) is 47.4 Å². The number of amides is 2. The molecular formula is C24H32N6O2. The predicted molar refractivity (Wildman–Crippen MR) is 128 cm³/mol. The van der Waals surface area contributed by atoms with E-state index >= 15 is 0 Å². The van der Waals surface area contributed by atoms with Crippen LogP contribution in [0.2, 0.25) is 0 Å². The van der Waals surface area contributed by atoms with Gasteiger partial charge in [0, 0.05) is 58.5 Å². The number of nitrogens with zero attached hydrogens (tertiary/aromatic N) is 4. The standard InChI is InChI=1S/C24H32N6O2/c1-25-23(29-15-13-28(14-16-29)21-9-2-3-10-22(21)31)26-18-19-7-6-8-20(17-19)27-24(32)30-11-4-5-12-30/h2-3,6-10,17,31H,4-5,11-16,18H2,1H3,(H,25,26)(H,27,32). The number of hydrogen-bond acceptors (Lipinski definition) is 4. The number of aromatic hydroxyl groups is 1. The van der Waals surface area contributed by atoms with Crippen molar-refractivity contribution in [2.75, 3.05) is 56.5 Å². The normalized spacial score (nSPS) is 16.9. The second-order valence-corrected chi connectivity index (χ2v) is 8.19. The number of aliphatic imine (C=N–C) groups is 1. The number of phenolic OH excluding ortho intramolecular Hbond substituents is 1. The zero-order valence-electron chi connectivity index (χ0n) is 18.6. The molecule has 0 bridgehead atoms. The van der Waals surface area contributed by atoms with Crippen molar-refractivity contribution in [3.8, 4) is 5.75 Å². The van der Waals surface area contributed by atoms with Gasteiger partial charge in [0.15, 0.2) is 5.96 Å². The third-order valence-electron chi connectivity index (χ3n) is 6.04. The zero-order valence-corrected chi connectivity index (χ0v) is 18.6. The fourth-order valence-corrected chi connectivity index (χ4v) is 4.29. The van der Waals surface area contributed by atoms with Crippen LogP contribution in [-0.2, 0) is 6.54 Å². The van der Waals surface area contributed by atoms with Gasteiger partial charge in [-0.1, -0.05) is 24.3 Å². The monoisotopic (exact) mass is 436 g/mol. The molecule has 3 N–H and O–H groups in total. The number of carbonyl (C=O) groups is 1. The lowest BCUT2D eigenvalue weighted by atomic mass is 10.2. The van der Waals surface area contributed by atoms with Crippen LogP contribution in [-0.4, -0.2) is 73.2 Å². The molecule has 2 fully saturated rings. The SMILES string of the molecule is CN=C(NCc1cccc(NC(=O)N2CCCC2)c1)N1CCN(c2ccccc2O)CC1. The van der Waals surface area contributed by atoms with Gasteiger partial charge in [-0.3, -0.25) is 4.99 Å². The Kier molecular flexibility index (Phi) is 6.99. The molecule has 0 spiro atoms. The number of guanidine groups is 1. The topological polar surface area (TPSA) is 83.4 Å². The van der Waals surface area contributed by atoms with Gasteiger partial charge in [-0.15, -0.1) is 0 Å². The van der Waals surface area contributed by atoms with Gasteiger partial charge in [-0.25, -0.2) is 4.79 Å². The second kappa shape index (κ2) is 10.3. The number of urea groups is 1. The molecule has 0 saturated carbocycles. The highest BCUT2D eigenvalue weighted by Gasteiger charge is 2.21. The summed E-state index contributed by atoms with van der Waals surface area (Å²) in [5.74, 6) is 1.17. The Labute approximate surface area is 189 Å². The maximum Gasteiger partial charge on any atom is 0.321 e. The van der Waals surface area contributed by atoms with Gasteiger partial charge in [0.2, 0.25) is 0 Å². The molecule has 0 aromatic heterocycles. The van der Waals surface area contributed by atoms with E-state index in [0.717, 1.165) is 75.0 Å². The first-order chi connectivity index (χ1) is 15.6. The minimum atomic E-state index is -0.0225. The number of likely N-dealkylation sites (tertiary alicyclic amines) is 1. The van der Waals surface area contributed by atoms with E-state index in [1.165, 1.54) is 0 Å². The molecule has 2 amide bonds. The Hall–Kier alpha value is -3.42. The summed E-state index contributed by atoms with van der Waals surface area (Å²) in [6.45, 7) is 5.56. The van der Waals surface area contributed by atoms with Gasteiger partial charge >= 0.3 is 6.03 Å². The van der Waals surface area contributed by atoms with Gasteiger partial charge in [0.25, 0.3) is 0 Å². The van der Waals surface area contributed by atoms with E-state index in [-0.39, 0.29) is 6.03 Å². The average molecular weight is 437 g/mol. The number of anilines is 2. The summed E-state index contributed by atoms with van der Waals surface area (Å²) in [6.07, 6.45) is 2.16. The van der Waals surface area contributed by atoms with Crippen LogP contribution in [0.25, 0.3) is 0 Å². The van der Waals surface area contributed by atoms with Crippen molar-refractivity contribution < 1.29 is 9.90 Å². The Morgan fingerprint density at radius 2 is 1.72 bits per heavy atom. The van der Waals surface area contributed by atoms with E-state index in [4.69, 9.17) is 0 Å². The minimum absolute atomic E-state index is 0.0225. The van der Waals surface area contributed by atoms with Crippen molar-refractivity contribution in [2.24, 2.45) is 4.99 Å². The molecule has 0 radical (unpaired) electrons. The molecule has 2 aromatic rings. The van der Waals surface area contributed by atoms with Gasteiger partial charge < -0.3 is 30.4 Å². The smallest absolute Gasteiger partial charge is 0.321 e. The Morgan fingerprint density at radius 1 is 0.969 bits per heavy atom. The van der Waals surface area contributed by atoms with E-state index in [9.17, 15) is 9.90 Å². The van der Waals surface area contributed by atoms with E-state index in [2.05, 4.69) is 25.4 Å². The zero-order chi connectivity index (χ0) is 22.3. The lowest BCUT2D eigenvalue weighted by molar-refractivity contribution is 0.222. The fraction of sp³-hybridized carbons (Fsp3) is 0.417. The maximum absolute atomic E-state index is 12.3. The van der Waals surface area contributed by atoms with Crippen molar-refractivity contribution in [3.63, 3.8) is 0 Å². The molecule has 2 aliphatic heterocycles. The summed E-state index contributed by atoms with van der Waals surface area (Å²) < 4.78 is 0. The molecule has 0 unspecified atom stereocenters. The van der Waals surface area contributed by atoms with Crippen molar-refractivity contribution in [1.82, 2.24) is 15.1 Å². The lowest BCUT2D eigenvalue weighted by Gasteiger charge is -2.37. The number of hydrogen-bond donors (Lipinski definition) is 3. The summed E-state index contributed by atoms with van der Waals surface area (Å²) in [5, 5.41) is 16.6. The van der Waals surface area contributed by atoms with E-state index in [1.54, 1.807) is 13.1 Å². The van der Waals surface area contributed by atoms with Gasteiger partial charge in [0.05, 0.1) is 5.69 Å². The van der Waals surface area contributed by atoms with Crippen LogP contribution in [0.3, 0.4) is 0 Å². The summed E-state index contributed by atoms with van der Waals surface area (Å²) in [5.41, 5.74) is 2.77. The summed E-state index contributed by atoms with van der Waals surface area (Å²) in [7, 11) is 1.80. The largest absolute Gasteiger partial charge is 0.506 e. The number of piperazine rings is 1. The number of benzene rings is 2. The van der Waals surface area contributed by atoms with Gasteiger partial charge in [-0.2, -0.15) is 0 Å². The fourth-order valence-electron chi connectivity index (χ4n) is 4.29. The summed E-state index contributed by atoms with van der Waals surface area (Å²) in [4.78, 5) is 23.1. The van der Waals surface area contributed by atoms with Crippen molar-refractivity contribution in [2.45, 2.75) is 19.4 Å². The average Bonchev–Trinajstić information content (AvgIpc) is 3.36. The van der Waals surface area contributed by atoms with Gasteiger partial charge in [-0.05, 0) is 42.7 Å². The van der Waals surface area contributed by atoms with Crippen molar-refractivity contribution in [1.29, 1.82) is 0 Å². The van der Waals surface area contributed by atoms with Gasteiger partial charge in [0.1, 0.15) is 5.75 Å². The van der Waals surface area contributed by atoms with Crippen molar-refractivity contribution >= 4 is 23.4 Å². The molecule has 32 heavy (non-hydrogen) atoms. The molecule has 170 valence electrons. The third-order valence-corrected chi connectivity index (χ3v) is 6.04. The molecule has 2 heterocycles. The first-order valence-electron chi connectivity index (χ1n) is 11.3. The molecule has 2 saturated heterocycles. The van der Waals surface area contributed by atoms with Crippen LogP contribution in [0.1, 0.15) is 18.4 Å². The van der Waals surface area contributed by atoms with Crippen LogP contribution in [0, 0.1) is 0 Å². The highest BCUT2D eigenvalue weighted by Crippen LogP contribution is 2.27. The molecular weight excluding hydrogens is 404 g/mol. The molecule has 2 aliphatic rings. The lowest BCUT2D eigenvalue weighted by Crippen LogP contribution is -2.52. The first-order valence-corrected chi connectivity index (χ1v) is 11.3. The third kappa shape index (κ3) is 5.25. The molecule has 8 nitrogen and oxygen atoms in total. The Morgan fingerprint density at radius 3 is 2.44 bits per heavy atom. The number of para-hydroxylation sites is 2. The van der Waals surface area contributed by atoms with Crippen LogP contribution in [0.4, 0.5) is 16.2 Å². The molecule has 2 aromatic carbocycles. The Bertz CT molecular complexity index is 949. The first kappa shape index (κ1) is 21.8. The van der Waals surface area contributed by atoms with Crippen LogP contribution in [0.5, 0.6) is 5.75 Å². The van der Waals surface area contributed by atoms with Crippen LogP contribution in [0.15, 0.2) is 53.5 Å². The minimum Gasteiger partial charge on any atom is -0.506 e. The Balaban J connectivity index is 1.29. The molecule has 4 rings (SSSR count). The number of carbonyl (C=O) groups excluding carboxylic acids is 1. The van der Waals surface area contributed by atoms with Crippen LogP contribution < -0.4 is 15.5 Å². The highest BCUT2D eigenvalue weighted by molar-refractivity contribution is 5.89. The molecule has 0 atom stereocenters. The molecule has 8 heteroatoms. The predicted octanol–water partition coefficient (Wildman–Crippen LogP) is 2.92. The number of phenols is 1. The summed E-state index contributed by atoms with van der Waals surface area (Å²) >= 11 is 0.